The Morgan fingerprint density at radius 3 is 2.34 bits per heavy atom. The van der Waals surface area contributed by atoms with E-state index in [0.717, 1.165) is 44.4 Å². The molecule has 0 amide bonds. The summed E-state index contributed by atoms with van der Waals surface area (Å²) in [6.45, 7) is 5.84. The summed E-state index contributed by atoms with van der Waals surface area (Å²) in [6.07, 6.45) is 0. The number of hydrogen-bond acceptors (Lipinski definition) is 4. The second kappa shape index (κ2) is 13.7. The predicted molar refractivity (Wildman–Crippen MR) is 139 cm³/mol. The number of aliphatic imine (C=N–C) groups is 1. The van der Waals surface area contributed by atoms with Gasteiger partial charge in [-0.2, -0.15) is 0 Å². The van der Waals surface area contributed by atoms with Gasteiger partial charge in [-0.3, -0.25) is 9.89 Å². The van der Waals surface area contributed by atoms with E-state index in [1.165, 1.54) is 23.3 Å². The van der Waals surface area contributed by atoms with Crippen LogP contribution < -0.4 is 10.6 Å². The van der Waals surface area contributed by atoms with Crippen LogP contribution in [-0.4, -0.2) is 69.8 Å². The van der Waals surface area contributed by atoms with Crippen LogP contribution >= 0.6 is 24.0 Å². The average Bonchev–Trinajstić information content (AvgIpc) is 2.78. The topological polar surface area (TPSA) is 52.1 Å². The molecule has 1 saturated heterocycles. The average molecular weight is 555 g/mol. The third-order valence-corrected chi connectivity index (χ3v) is 5.63. The summed E-state index contributed by atoms with van der Waals surface area (Å²) in [5, 5.41) is 6.85. The van der Waals surface area contributed by atoms with E-state index in [2.05, 4.69) is 49.7 Å². The minimum absolute atomic E-state index is 0. The molecular weight excluding hydrogens is 520 g/mol. The van der Waals surface area contributed by atoms with Crippen molar-refractivity contribution in [3.63, 3.8) is 0 Å². The van der Waals surface area contributed by atoms with Gasteiger partial charge in [-0.1, -0.05) is 36.4 Å². The van der Waals surface area contributed by atoms with Gasteiger partial charge < -0.3 is 20.3 Å². The lowest BCUT2D eigenvalue weighted by Gasteiger charge is -2.28. The summed E-state index contributed by atoms with van der Waals surface area (Å²) in [7, 11) is 5.82. The number of nitrogens with zero attached hydrogens (tertiary/aromatic N) is 3. The van der Waals surface area contributed by atoms with Crippen molar-refractivity contribution in [1.82, 2.24) is 20.4 Å². The lowest BCUT2D eigenvalue weighted by Crippen LogP contribution is -2.41. The van der Waals surface area contributed by atoms with Gasteiger partial charge in [0.2, 0.25) is 0 Å². The molecule has 0 aromatic heterocycles. The zero-order valence-corrected chi connectivity index (χ0v) is 21.5. The van der Waals surface area contributed by atoms with Crippen LogP contribution in [0.1, 0.15) is 22.7 Å². The van der Waals surface area contributed by atoms with Gasteiger partial charge in [-0.25, -0.2) is 4.39 Å². The molecule has 1 aliphatic rings. The van der Waals surface area contributed by atoms with Crippen LogP contribution in [-0.2, 0) is 17.8 Å². The highest BCUT2D eigenvalue weighted by atomic mass is 127. The molecule has 1 heterocycles. The van der Waals surface area contributed by atoms with E-state index in [1.807, 2.05) is 26.2 Å². The zero-order chi connectivity index (χ0) is 22.1. The molecule has 2 aromatic carbocycles. The number of rotatable bonds is 8. The number of likely N-dealkylation sites (N-methyl/N-ethyl adjacent to an activating group) is 1. The number of hydrogen-bond donors (Lipinski definition) is 2. The van der Waals surface area contributed by atoms with E-state index >= 15 is 0 Å². The quantitative estimate of drug-likeness (QED) is 0.298. The van der Waals surface area contributed by atoms with Gasteiger partial charge in [-0.15, -0.1) is 24.0 Å². The van der Waals surface area contributed by atoms with Crippen molar-refractivity contribution in [3.8, 4) is 0 Å². The Labute approximate surface area is 208 Å². The lowest BCUT2D eigenvalue weighted by molar-refractivity contribution is 0.0341. The van der Waals surface area contributed by atoms with E-state index in [0.29, 0.717) is 13.1 Å². The standard InChI is InChI=1S/C24H34FN5O.HI/c1-26-24(28-17-23(29(2)3)19-8-10-22(25)11-9-19)27-16-20-6-4-5-7-21(20)18-30-12-14-31-15-13-30;/h4-11,23H,12-18H2,1-3H3,(H2,26,27,28);1H. The molecule has 1 fully saturated rings. The maximum absolute atomic E-state index is 13.3. The number of ether oxygens (including phenoxy) is 1. The summed E-state index contributed by atoms with van der Waals surface area (Å²) in [5.41, 5.74) is 3.65. The molecule has 0 spiro atoms. The molecule has 8 heteroatoms. The molecule has 0 bridgehead atoms. The highest BCUT2D eigenvalue weighted by molar-refractivity contribution is 14.0. The summed E-state index contributed by atoms with van der Waals surface area (Å²) in [5.74, 6) is 0.526. The Bertz CT molecular complexity index is 841. The fourth-order valence-electron chi connectivity index (χ4n) is 3.76. The summed E-state index contributed by atoms with van der Waals surface area (Å²) >= 11 is 0. The first-order chi connectivity index (χ1) is 15.1. The summed E-state index contributed by atoms with van der Waals surface area (Å²) in [6, 6.07) is 15.3. The molecular formula is C24H35FIN5O. The number of morpholine rings is 1. The summed E-state index contributed by atoms with van der Waals surface area (Å²) < 4.78 is 18.8. The Balaban J connectivity index is 0.00000363. The van der Waals surface area contributed by atoms with Crippen molar-refractivity contribution >= 4 is 29.9 Å². The molecule has 1 unspecified atom stereocenters. The molecule has 176 valence electrons. The zero-order valence-electron chi connectivity index (χ0n) is 19.2. The molecule has 32 heavy (non-hydrogen) atoms. The highest BCUT2D eigenvalue weighted by Crippen LogP contribution is 2.18. The Morgan fingerprint density at radius 1 is 1.06 bits per heavy atom. The molecule has 1 atom stereocenters. The molecule has 0 aliphatic carbocycles. The van der Waals surface area contributed by atoms with Gasteiger partial charge in [0, 0.05) is 39.8 Å². The maximum atomic E-state index is 13.3. The monoisotopic (exact) mass is 555 g/mol. The van der Waals surface area contributed by atoms with Gasteiger partial charge in [0.05, 0.1) is 19.3 Å². The number of benzene rings is 2. The molecule has 3 rings (SSSR count). The van der Waals surface area contributed by atoms with Crippen LogP contribution in [0.5, 0.6) is 0 Å². The van der Waals surface area contributed by atoms with E-state index in [-0.39, 0.29) is 35.8 Å². The molecule has 0 radical (unpaired) electrons. The number of guanidine groups is 1. The second-order valence-electron chi connectivity index (χ2n) is 7.99. The van der Waals surface area contributed by atoms with Crippen LogP contribution in [0.3, 0.4) is 0 Å². The normalized spacial score (nSPS) is 15.8. The maximum Gasteiger partial charge on any atom is 0.191 e. The third-order valence-electron chi connectivity index (χ3n) is 5.63. The fraction of sp³-hybridized carbons (Fsp3) is 0.458. The van der Waals surface area contributed by atoms with Gasteiger partial charge >= 0.3 is 0 Å². The molecule has 6 nitrogen and oxygen atoms in total. The summed E-state index contributed by atoms with van der Waals surface area (Å²) in [4.78, 5) is 8.92. The van der Waals surface area contributed by atoms with Crippen molar-refractivity contribution < 1.29 is 9.13 Å². The molecule has 1 aliphatic heterocycles. The largest absolute Gasteiger partial charge is 0.379 e. The van der Waals surface area contributed by atoms with Crippen LogP contribution in [0.15, 0.2) is 53.5 Å². The Hall–Kier alpha value is -1.75. The van der Waals surface area contributed by atoms with E-state index in [1.54, 1.807) is 7.05 Å². The van der Waals surface area contributed by atoms with E-state index < -0.39 is 0 Å². The number of nitrogens with one attached hydrogen (secondary N) is 2. The minimum atomic E-state index is -0.220. The first-order valence-electron chi connectivity index (χ1n) is 10.8. The van der Waals surface area contributed by atoms with Gasteiger partial charge in [0.25, 0.3) is 0 Å². The Morgan fingerprint density at radius 2 is 1.72 bits per heavy atom. The lowest BCUT2D eigenvalue weighted by atomic mass is 10.1. The van der Waals surface area contributed by atoms with Crippen molar-refractivity contribution in [2.45, 2.75) is 19.1 Å². The van der Waals surface area contributed by atoms with Crippen molar-refractivity contribution in [2.24, 2.45) is 4.99 Å². The van der Waals surface area contributed by atoms with Gasteiger partial charge in [0.1, 0.15) is 5.82 Å². The van der Waals surface area contributed by atoms with E-state index in [4.69, 9.17) is 4.74 Å². The van der Waals surface area contributed by atoms with Crippen LogP contribution in [0.4, 0.5) is 4.39 Å². The molecule has 2 N–H and O–H groups in total. The second-order valence-corrected chi connectivity index (χ2v) is 7.99. The van der Waals surface area contributed by atoms with Crippen molar-refractivity contribution in [3.05, 3.63) is 71.0 Å². The van der Waals surface area contributed by atoms with Gasteiger partial charge in [-0.05, 0) is 42.9 Å². The highest BCUT2D eigenvalue weighted by Gasteiger charge is 2.16. The minimum Gasteiger partial charge on any atom is -0.379 e. The first kappa shape index (κ1) is 26.5. The Kier molecular flexibility index (Phi) is 11.4. The van der Waals surface area contributed by atoms with Crippen molar-refractivity contribution in [2.75, 3.05) is 54.0 Å². The molecule has 0 saturated carbocycles. The van der Waals surface area contributed by atoms with E-state index in [9.17, 15) is 4.39 Å². The fourth-order valence-corrected chi connectivity index (χ4v) is 3.76. The SMILES string of the molecule is CN=C(NCc1ccccc1CN1CCOCC1)NCC(c1ccc(F)cc1)N(C)C.I. The van der Waals surface area contributed by atoms with Crippen LogP contribution in [0.2, 0.25) is 0 Å². The van der Waals surface area contributed by atoms with Crippen molar-refractivity contribution in [1.29, 1.82) is 0 Å². The smallest absolute Gasteiger partial charge is 0.191 e. The predicted octanol–water partition coefficient (Wildman–Crippen LogP) is 3.24. The van der Waals surface area contributed by atoms with Crippen LogP contribution in [0, 0.1) is 5.82 Å². The molecule has 2 aromatic rings. The first-order valence-corrected chi connectivity index (χ1v) is 10.8. The number of halogens is 2. The van der Waals surface area contributed by atoms with Gasteiger partial charge in [0.15, 0.2) is 5.96 Å². The third kappa shape index (κ3) is 7.99. The van der Waals surface area contributed by atoms with Crippen LogP contribution in [0.25, 0.3) is 0 Å².